The fraction of sp³-hybridized carbons (Fsp3) is 0.333. The van der Waals surface area contributed by atoms with E-state index in [4.69, 9.17) is 11.6 Å². The minimum absolute atomic E-state index is 0.412. The zero-order valence-corrected chi connectivity index (χ0v) is 12.2. The van der Waals surface area contributed by atoms with Gasteiger partial charge in [-0.3, -0.25) is 0 Å². The Morgan fingerprint density at radius 2 is 1.84 bits per heavy atom. The van der Waals surface area contributed by atoms with Gasteiger partial charge in [-0.15, -0.1) is 0 Å². The largest absolute Gasteiger partial charge is 0.369 e. The van der Waals surface area contributed by atoms with Gasteiger partial charge in [0.15, 0.2) is 0 Å². The zero-order valence-electron chi connectivity index (χ0n) is 11.4. The molecule has 4 heteroatoms. The predicted molar refractivity (Wildman–Crippen MR) is 79.9 cm³/mol. The van der Waals surface area contributed by atoms with E-state index in [0.717, 1.165) is 17.9 Å². The summed E-state index contributed by atoms with van der Waals surface area (Å²) in [5.41, 5.74) is 2.21. The number of nitrogens with one attached hydrogen (secondary N) is 1. The molecule has 100 valence electrons. The number of benzene rings is 1. The molecule has 2 aromatic rings. The topological polar surface area (TPSA) is 37.8 Å². The first kappa shape index (κ1) is 13.8. The summed E-state index contributed by atoms with van der Waals surface area (Å²) in [6.07, 6.45) is 0. The maximum Gasteiger partial charge on any atom is 0.137 e. The van der Waals surface area contributed by atoms with Crippen molar-refractivity contribution in [3.63, 3.8) is 0 Å². The van der Waals surface area contributed by atoms with Crippen LogP contribution in [0.15, 0.2) is 30.3 Å². The Kier molecular flexibility index (Phi) is 4.38. The summed E-state index contributed by atoms with van der Waals surface area (Å²) in [7, 11) is 0. The highest BCUT2D eigenvalue weighted by Gasteiger charge is 2.09. The predicted octanol–water partition coefficient (Wildman–Crippen LogP) is 3.96. The van der Waals surface area contributed by atoms with Crippen molar-refractivity contribution in [3.05, 3.63) is 52.4 Å². The maximum absolute atomic E-state index is 6.06. The number of aromatic nitrogens is 2. The highest BCUT2D eigenvalue weighted by molar-refractivity contribution is 6.30. The Bertz CT molecular complexity index is 555. The van der Waals surface area contributed by atoms with Crippen LogP contribution in [0.25, 0.3) is 0 Å². The molecule has 1 unspecified atom stereocenters. The molecular formula is C15H18ClN3. The number of hydrogen-bond acceptors (Lipinski definition) is 3. The van der Waals surface area contributed by atoms with Crippen molar-refractivity contribution in [2.24, 2.45) is 0 Å². The standard InChI is InChI=1S/C15H18ClN3/c1-10(13-7-5-4-6-8-13)9-17-15-11(2)14(16)18-12(3)19-15/h4-8,10H,9H2,1-3H3,(H,17,18,19). The van der Waals surface area contributed by atoms with E-state index < -0.39 is 0 Å². The Balaban J connectivity index is 2.07. The average molecular weight is 276 g/mol. The van der Waals surface area contributed by atoms with E-state index in [9.17, 15) is 0 Å². The van der Waals surface area contributed by atoms with E-state index in [0.29, 0.717) is 16.9 Å². The summed E-state index contributed by atoms with van der Waals surface area (Å²) in [5, 5.41) is 3.87. The molecule has 1 atom stereocenters. The van der Waals surface area contributed by atoms with Gasteiger partial charge in [-0.2, -0.15) is 0 Å². The lowest BCUT2D eigenvalue weighted by Gasteiger charge is -2.15. The molecule has 0 fully saturated rings. The zero-order chi connectivity index (χ0) is 13.8. The van der Waals surface area contributed by atoms with Gasteiger partial charge in [0.05, 0.1) is 0 Å². The number of nitrogens with zero attached hydrogens (tertiary/aromatic N) is 2. The average Bonchev–Trinajstić information content (AvgIpc) is 2.41. The van der Waals surface area contributed by atoms with E-state index in [1.165, 1.54) is 5.56 Å². The smallest absolute Gasteiger partial charge is 0.137 e. The molecule has 1 aromatic carbocycles. The number of hydrogen-bond donors (Lipinski definition) is 1. The van der Waals surface area contributed by atoms with Gasteiger partial charge in [0.1, 0.15) is 16.8 Å². The number of halogens is 1. The van der Waals surface area contributed by atoms with E-state index in [-0.39, 0.29) is 0 Å². The SMILES string of the molecule is Cc1nc(Cl)c(C)c(NCC(C)c2ccccc2)n1. The third-order valence-electron chi connectivity index (χ3n) is 3.14. The molecular weight excluding hydrogens is 258 g/mol. The normalized spacial score (nSPS) is 12.2. The summed E-state index contributed by atoms with van der Waals surface area (Å²) in [6.45, 7) is 6.78. The molecule has 0 aliphatic carbocycles. The maximum atomic E-state index is 6.06. The highest BCUT2D eigenvalue weighted by Crippen LogP contribution is 2.21. The third-order valence-corrected chi connectivity index (χ3v) is 3.51. The fourth-order valence-electron chi connectivity index (χ4n) is 1.92. The molecule has 1 aromatic heterocycles. The summed E-state index contributed by atoms with van der Waals surface area (Å²) < 4.78 is 0. The molecule has 0 radical (unpaired) electrons. The van der Waals surface area contributed by atoms with Crippen LogP contribution in [0.5, 0.6) is 0 Å². The second kappa shape index (κ2) is 6.02. The van der Waals surface area contributed by atoms with Gasteiger partial charge in [0, 0.05) is 12.1 Å². The van der Waals surface area contributed by atoms with Crippen LogP contribution >= 0.6 is 11.6 Å². The lowest BCUT2D eigenvalue weighted by atomic mass is 10.0. The molecule has 3 nitrogen and oxygen atoms in total. The highest BCUT2D eigenvalue weighted by atomic mass is 35.5. The van der Waals surface area contributed by atoms with Crippen molar-refractivity contribution >= 4 is 17.4 Å². The van der Waals surface area contributed by atoms with E-state index in [2.05, 4.69) is 46.5 Å². The van der Waals surface area contributed by atoms with Gasteiger partial charge in [-0.25, -0.2) is 9.97 Å². The molecule has 0 saturated heterocycles. The summed E-state index contributed by atoms with van der Waals surface area (Å²) in [4.78, 5) is 8.53. The van der Waals surface area contributed by atoms with Gasteiger partial charge in [-0.05, 0) is 25.3 Å². The number of aryl methyl sites for hydroxylation is 1. The minimum atomic E-state index is 0.412. The van der Waals surface area contributed by atoms with Crippen LogP contribution in [0.2, 0.25) is 5.15 Å². The van der Waals surface area contributed by atoms with Crippen LogP contribution in [0.4, 0.5) is 5.82 Å². The van der Waals surface area contributed by atoms with E-state index >= 15 is 0 Å². The van der Waals surface area contributed by atoms with Gasteiger partial charge in [0.2, 0.25) is 0 Å². The molecule has 1 heterocycles. The van der Waals surface area contributed by atoms with Crippen LogP contribution in [0.3, 0.4) is 0 Å². The van der Waals surface area contributed by atoms with Crippen LogP contribution < -0.4 is 5.32 Å². The first-order chi connectivity index (χ1) is 9.08. The molecule has 1 N–H and O–H groups in total. The van der Waals surface area contributed by atoms with E-state index in [1.807, 2.05) is 19.9 Å². The monoisotopic (exact) mass is 275 g/mol. The molecule has 0 amide bonds. The second-order valence-electron chi connectivity index (χ2n) is 4.73. The lowest BCUT2D eigenvalue weighted by molar-refractivity contribution is 0.798. The lowest BCUT2D eigenvalue weighted by Crippen LogP contribution is -2.12. The number of anilines is 1. The molecule has 0 aliphatic rings. The Labute approximate surface area is 119 Å². The van der Waals surface area contributed by atoms with Gasteiger partial charge < -0.3 is 5.32 Å². The van der Waals surface area contributed by atoms with Crippen molar-refractivity contribution in [1.82, 2.24) is 9.97 Å². The third kappa shape index (κ3) is 3.44. The fourth-order valence-corrected chi connectivity index (χ4v) is 2.13. The van der Waals surface area contributed by atoms with Crippen molar-refractivity contribution in [3.8, 4) is 0 Å². The van der Waals surface area contributed by atoms with Crippen LogP contribution in [-0.2, 0) is 0 Å². The molecule has 0 saturated carbocycles. The molecule has 0 bridgehead atoms. The number of rotatable bonds is 4. The minimum Gasteiger partial charge on any atom is -0.369 e. The molecule has 19 heavy (non-hydrogen) atoms. The Morgan fingerprint density at radius 3 is 2.53 bits per heavy atom. The van der Waals surface area contributed by atoms with Crippen LogP contribution in [-0.4, -0.2) is 16.5 Å². The first-order valence-corrected chi connectivity index (χ1v) is 6.75. The van der Waals surface area contributed by atoms with Crippen molar-refractivity contribution in [2.75, 3.05) is 11.9 Å². The second-order valence-corrected chi connectivity index (χ2v) is 5.09. The summed E-state index contributed by atoms with van der Waals surface area (Å²) >= 11 is 6.06. The summed E-state index contributed by atoms with van der Waals surface area (Å²) in [5.74, 6) is 1.92. The molecule has 2 rings (SSSR count). The molecule has 0 aliphatic heterocycles. The first-order valence-electron chi connectivity index (χ1n) is 6.37. The molecule has 0 spiro atoms. The van der Waals surface area contributed by atoms with Crippen molar-refractivity contribution < 1.29 is 0 Å². The Morgan fingerprint density at radius 1 is 1.16 bits per heavy atom. The van der Waals surface area contributed by atoms with Gasteiger partial charge in [-0.1, -0.05) is 48.9 Å². The van der Waals surface area contributed by atoms with Crippen LogP contribution in [0.1, 0.15) is 29.8 Å². The quantitative estimate of drug-likeness (QED) is 0.858. The van der Waals surface area contributed by atoms with Crippen LogP contribution in [0, 0.1) is 13.8 Å². The van der Waals surface area contributed by atoms with Gasteiger partial charge in [0.25, 0.3) is 0 Å². The Hall–Kier alpha value is -1.61. The van der Waals surface area contributed by atoms with E-state index in [1.54, 1.807) is 0 Å². The summed E-state index contributed by atoms with van der Waals surface area (Å²) in [6, 6.07) is 10.4. The van der Waals surface area contributed by atoms with Crippen molar-refractivity contribution in [2.45, 2.75) is 26.7 Å². The van der Waals surface area contributed by atoms with Crippen molar-refractivity contribution in [1.29, 1.82) is 0 Å². The van der Waals surface area contributed by atoms with Gasteiger partial charge >= 0.3 is 0 Å².